The molecule has 2 unspecified atom stereocenters. The van der Waals surface area contributed by atoms with Crippen LogP contribution in [-0.4, -0.2) is 40.4 Å². The SMILES string of the molecule is Cl.NC1CCCC(C(=O)N2CCSC3(CCCCC3)C2)C1. The van der Waals surface area contributed by atoms with Crippen molar-refractivity contribution in [3.8, 4) is 0 Å². The molecule has 0 aromatic rings. The fraction of sp³-hybridized carbons (Fsp3) is 0.938. The van der Waals surface area contributed by atoms with Crippen LogP contribution in [0.15, 0.2) is 0 Å². The number of hydrogen-bond donors (Lipinski definition) is 1. The molecular formula is C16H29ClN2OS. The fourth-order valence-electron chi connectivity index (χ4n) is 4.24. The summed E-state index contributed by atoms with van der Waals surface area (Å²) in [6.07, 6.45) is 10.9. The number of carbonyl (C=O) groups is 1. The zero-order valence-corrected chi connectivity index (χ0v) is 14.5. The van der Waals surface area contributed by atoms with Gasteiger partial charge in [0.1, 0.15) is 0 Å². The smallest absolute Gasteiger partial charge is 0.225 e. The first-order valence-corrected chi connectivity index (χ1v) is 9.35. The molecule has 3 aliphatic rings. The largest absolute Gasteiger partial charge is 0.340 e. The van der Waals surface area contributed by atoms with E-state index in [1.807, 2.05) is 0 Å². The van der Waals surface area contributed by atoms with Gasteiger partial charge >= 0.3 is 0 Å². The van der Waals surface area contributed by atoms with Crippen molar-refractivity contribution in [2.45, 2.75) is 68.6 Å². The van der Waals surface area contributed by atoms with Crippen LogP contribution in [0.1, 0.15) is 57.8 Å². The second-order valence-corrected chi connectivity index (χ2v) is 8.54. The molecule has 1 aliphatic heterocycles. The van der Waals surface area contributed by atoms with Crippen LogP contribution in [0.2, 0.25) is 0 Å². The van der Waals surface area contributed by atoms with E-state index in [9.17, 15) is 4.79 Å². The third-order valence-electron chi connectivity index (χ3n) is 5.39. The van der Waals surface area contributed by atoms with E-state index in [0.717, 1.165) is 44.5 Å². The number of carbonyl (C=O) groups excluding carboxylic acids is 1. The molecule has 1 amide bonds. The van der Waals surface area contributed by atoms with Crippen molar-refractivity contribution in [3.63, 3.8) is 0 Å². The van der Waals surface area contributed by atoms with Crippen molar-refractivity contribution in [2.75, 3.05) is 18.8 Å². The van der Waals surface area contributed by atoms with Crippen molar-refractivity contribution >= 4 is 30.1 Å². The van der Waals surface area contributed by atoms with Gasteiger partial charge in [-0.1, -0.05) is 25.7 Å². The van der Waals surface area contributed by atoms with Crippen molar-refractivity contribution < 1.29 is 4.79 Å². The van der Waals surface area contributed by atoms with Gasteiger partial charge < -0.3 is 10.6 Å². The summed E-state index contributed by atoms with van der Waals surface area (Å²) >= 11 is 2.14. The van der Waals surface area contributed by atoms with Crippen LogP contribution in [0, 0.1) is 5.92 Å². The highest BCUT2D eigenvalue weighted by molar-refractivity contribution is 8.00. The van der Waals surface area contributed by atoms with E-state index in [0.29, 0.717) is 10.7 Å². The quantitative estimate of drug-likeness (QED) is 0.802. The molecular weight excluding hydrogens is 304 g/mol. The van der Waals surface area contributed by atoms with Gasteiger partial charge in [-0.15, -0.1) is 12.4 Å². The Hall–Kier alpha value is 0.0700. The minimum atomic E-state index is 0. The van der Waals surface area contributed by atoms with Gasteiger partial charge in [-0.2, -0.15) is 11.8 Å². The van der Waals surface area contributed by atoms with Gasteiger partial charge in [0.25, 0.3) is 0 Å². The normalized spacial score (nSPS) is 32.5. The molecule has 0 bridgehead atoms. The first-order chi connectivity index (χ1) is 9.69. The number of rotatable bonds is 1. The van der Waals surface area contributed by atoms with Gasteiger partial charge in [0.2, 0.25) is 5.91 Å². The summed E-state index contributed by atoms with van der Waals surface area (Å²) in [5, 5.41) is 0. The first-order valence-electron chi connectivity index (χ1n) is 8.37. The Bertz CT molecular complexity index is 355. The maximum atomic E-state index is 12.8. The molecule has 21 heavy (non-hydrogen) atoms. The standard InChI is InChI=1S/C16H28N2OS.ClH/c17-14-6-4-5-13(11-14)15(19)18-9-10-20-16(12-18)7-2-1-3-8-16;/h13-14H,1-12,17H2;1H. The second-order valence-electron chi connectivity index (χ2n) is 6.98. The summed E-state index contributed by atoms with van der Waals surface area (Å²) in [6, 6.07) is 0.250. The van der Waals surface area contributed by atoms with Crippen LogP contribution >= 0.6 is 24.2 Å². The molecule has 3 nitrogen and oxygen atoms in total. The zero-order valence-electron chi connectivity index (χ0n) is 12.9. The van der Waals surface area contributed by atoms with Gasteiger partial charge in [-0.25, -0.2) is 0 Å². The Labute approximate surface area is 139 Å². The molecule has 0 aromatic carbocycles. The maximum Gasteiger partial charge on any atom is 0.225 e. The topological polar surface area (TPSA) is 46.3 Å². The minimum absolute atomic E-state index is 0. The Kier molecular flexibility index (Phi) is 6.27. The summed E-state index contributed by atoms with van der Waals surface area (Å²) in [4.78, 5) is 15.0. The van der Waals surface area contributed by atoms with Crippen molar-refractivity contribution in [1.29, 1.82) is 0 Å². The van der Waals surface area contributed by atoms with E-state index in [2.05, 4.69) is 16.7 Å². The van der Waals surface area contributed by atoms with Crippen LogP contribution in [0.25, 0.3) is 0 Å². The molecule has 3 fully saturated rings. The molecule has 0 radical (unpaired) electrons. The molecule has 1 saturated heterocycles. The predicted molar refractivity (Wildman–Crippen MR) is 92.0 cm³/mol. The monoisotopic (exact) mass is 332 g/mol. The van der Waals surface area contributed by atoms with Crippen molar-refractivity contribution in [2.24, 2.45) is 11.7 Å². The minimum Gasteiger partial charge on any atom is -0.340 e. The number of hydrogen-bond acceptors (Lipinski definition) is 3. The lowest BCUT2D eigenvalue weighted by Gasteiger charge is -2.45. The summed E-state index contributed by atoms with van der Waals surface area (Å²) in [7, 11) is 0. The van der Waals surface area contributed by atoms with Crippen LogP contribution in [0.5, 0.6) is 0 Å². The number of thioether (sulfide) groups is 1. The van der Waals surface area contributed by atoms with Crippen molar-refractivity contribution in [1.82, 2.24) is 4.90 Å². The molecule has 5 heteroatoms. The van der Waals surface area contributed by atoms with Crippen LogP contribution < -0.4 is 5.73 Å². The first kappa shape index (κ1) is 17.4. The number of halogens is 1. The summed E-state index contributed by atoms with van der Waals surface area (Å²) < 4.78 is 0.392. The Morgan fingerprint density at radius 3 is 2.62 bits per heavy atom. The lowest BCUT2D eigenvalue weighted by molar-refractivity contribution is -0.137. The van der Waals surface area contributed by atoms with Gasteiger partial charge in [0.05, 0.1) is 0 Å². The molecule has 2 atom stereocenters. The summed E-state index contributed by atoms with van der Waals surface area (Å²) in [6.45, 7) is 1.96. The third kappa shape index (κ3) is 4.08. The Morgan fingerprint density at radius 1 is 1.14 bits per heavy atom. The zero-order chi connectivity index (χ0) is 14.0. The lowest BCUT2D eigenvalue weighted by atomic mass is 9.84. The molecule has 2 N–H and O–H groups in total. The highest BCUT2D eigenvalue weighted by Crippen LogP contribution is 2.43. The van der Waals surface area contributed by atoms with E-state index in [4.69, 9.17) is 5.73 Å². The average Bonchev–Trinajstić information content (AvgIpc) is 2.47. The highest BCUT2D eigenvalue weighted by Gasteiger charge is 2.40. The molecule has 1 spiro atoms. The van der Waals surface area contributed by atoms with E-state index < -0.39 is 0 Å². The average molecular weight is 333 g/mol. The molecule has 1 heterocycles. The Morgan fingerprint density at radius 2 is 1.90 bits per heavy atom. The second kappa shape index (κ2) is 7.56. The van der Waals surface area contributed by atoms with Gasteiger partial charge in [-0.3, -0.25) is 4.79 Å². The number of nitrogens with zero attached hydrogens (tertiary/aromatic N) is 1. The van der Waals surface area contributed by atoms with Crippen LogP contribution in [0.3, 0.4) is 0 Å². The molecule has 2 saturated carbocycles. The maximum absolute atomic E-state index is 12.8. The molecule has 3 rings (SSSR count). The molecule has 122 valence electrons. The van der Waals surface area contributed by atoms with E-state index >= 15 is 0 Å². The van der Waals surface area contributed by atoms with Crippen LogP contribution in [-0.2, 0) is 4.79 Å². The highest BCUT2D eigenvalue weighted by atomic mass is 35.5. The Balaban J connectivity index is 0.00000161. The molecule has 0 aromatic heterocycles. The van der Waals surface area contributed by atoms with E-state index in [-0.39, 0.29) is 24.4 Å². The third-order valence-corrected chi connectivity index (χ3v) is 6.93. The van der Waals surface area contributed by atoms with Crippen molar-refractivity contribution in [3.05, 3.63) is 0 Å². The summed E-state index contributed by atoms with van der Waals surface area (Å²) in [5.74, 6) is 1.75. The van der Waals surface area contributed by atoms with E-state index in [1.165, 1.54) is 32.1 Å². The van der Waals surface area contributed by atoms with Gasteiger partial charge in [-0.05, 0) is 32.1 Å². The fourth-order valence-corrected chi connectivity index (χ4v) is 5.81. The van der Waals surface area contributed by atoms with Gasteiger partial charge in [0.15, 0.2) is 0 Å². The number of nitrogens with two attached hydrogens (primary N) is 1. The predicted octanol–water partition coefficient (Wildman–Crippen LogP) is 3.20. The van der Waals surface area contributed by atoms with Crippen LogP contribution in [0.4, 0.5) is 0 Å². The lowest BCUT2D eigenvalue weighted by Crippen LogP contribution is -2.52. The van der Waals surface area contributed by atoms with Gasteiger partial charge in [0, 0.05) is 35.5 Å². The van der Waals surface area contributed by atoms with E-state index in [1.54, 1.807) is 0 Å². The summed E-state index contributed by atoms with van der Waals surface area (Å²) in [5.41, 5.74) is 6.05. The molecule has 2 aliphatic carbocycles. The number of amides is 1.